The molecule has 0 radical (unpaired) electrons. The van der Waals surface area contributed by atoms with E-state index in [4.69, 9.17) is 9.05 Å². The van der Waals surface area contributed by atoms with Crippen molar-refractivity contribution < 1.29 is 32.9 Å². The summed E-state index contributed by atoms with van der Waals surface area (Å²) in [5, 5.41) is 13.8. The van der Waals surface area contributed by atoms with E-state index in [0.29, 0.717) is 17.4 Å². The summed E-state index contributed by atoms with van der Waals surface area (Å²) in [6.45, 7) is 4.64. The van der Waals surface area contributed by atoms with Gasteiger partial charge in [0.1, 0.15) is 13.2 Å². The lowest BCUT2D eigenvalue weighted by Gasteiger charge is -2.25. The van der Waals surface area contributed by atoms with Gasteiger partial charge in [0.15, 0.2) is 0 Å². The second kappa shape index (κ2) is 43.0. The number of amides is 1. The van der Waals surface area contributed by atoms with Crippen molar-refractivity contribution in [2.75, 3.05) is 40.9 Å². The van der Waals surface area contributed by atoms with Gasteiger partial charge < -0.3 is 19.8 Å². The summed E-state index contributed by atoms with van der Waals surface area (Å²) in [6.07, 6.45) is 59.5. The number of nitrogens with zero attached hydrogens (tertiary/aromatic N) is 1. The summed E-state index contributed by atoms with van der Waals surface area (Å²) in [5.74, 6) is -0.218. The fraction of sp³-hybridized carbons (Fsp3) is 0.712. The number of carbonyl (C=O) groups excluding carboxylic acids is 1. The van der Waals surface area contributed by atoms with Crippen molar-refractivity contribution in [1.29, 1.82) is 0 Å². The number of allylic oxidation sites excluding steroid dienone is 13. The molecule has 61 heavy (non-hydrogen) atoms. The molecule has 0 heterocycles. The summed E-state index contributed by atoms with van der Waals surface area (Å²) in [6, 6.07) is -0.887. The van der Waals surface area contributed by atoms with Crippen molar-refractivity contribution in [2.24, 2.45) is 0 Å². The largest absolute Gasteiger partial charge is 0.472 e. The third kappa shape index (κ3) is 45.5. The molecule has 0 aliphatic heterocycles. The van der Waals surface area contributed by atoms with Gasteiger partial charge in [-0.05, 0) is 83.5 Å². The normalized spacial score (nSPS) is 14.9. The first kappa shape index (κ1) is 58.7. The number of aliphatic hydroxyl groups excluding tert-OH is 1. The van der Waals surface area contributed by atoms with Gasteiger partial charge in [0.2, 0.25) is 5.91 Å². The van der Waals surface area contributed by atoms with E-state index in [1.54, 1.807) is 6.08 Å². The minimum absolute atomic E-state index is 0.0440. The third-order valence-electron chi connectivity index (χ3n) is 10.3. The van der Waals surface area contributed by atoms with Crippen molar-refractivity contribution in [2.45, 2.75) is 199 Å². The molecule has 0 aliphatic carbocycles. The van der Waals surface area contributed by atoms with Crippen LogP contribution in [0.1, 0.15) is 187 Å². The van der Waals surface area contributed by atoms with Crippen LogP contribution in [0.3, 0.4) is 0 Å². The highest BCUT2D eigenvalue weighted by molar-refractivity contribution is 7.47. The number of quaternary nitrogens is 1. The first-order valence-corrected chi connectivity index (χ1v) is 26.0. The summed E-state index contributed by atoms with van der Waals surface area (Å²) in [7, 11) is 1.51. The molecule has 3 N–H and O–H groups in total. The van der Waals surface area contributed by atoms with E-state index >= 15 is 0 Å². The van der Waals surface area contributed by atoms with Gasteiger partial charge in [-0.15, -0.1) is 0 Å². The molecule has 0 saturated carbocycles. The fourth-order valence-electron chi connectivity index (χ4n) is 6.47. The van der Waals surface area contributed by atoms with Crippen molar-refractivity contribution in [3.63, 3.8) is 0 Å². The number of hydrogen-bond donors (Lipinski definition) is 3. The molecular formula is C52H94N2O6P+. The van der Waals surface area contributed by atoms with Crippen LogP contribution in [0.15, 0.2) is 85.1 Å². The number of hydrogen-bond acceptors (Lipinski definition) is 5. The van der Waals surface area contributed by atoms with Gasteiger partial charge in [-0.25, -0.2) is 4.57 Å². The standard InChI is InChI=1S/C52H93N2O6P/c1-6-8-10-12-14-16-18-20-22-24-25-26-27-28-30-31-33-35-37-39-41-43-45-51(55)50(49-60-61(57,58)59-48-47-54(3,4)5)53-52(56)46-44-42-40-38-36-34-32-29-23-21-19-17-15-13-11-9-7-2/h9,11,15,17,21,23,28,30,32,34-35,37,43,45,50-51,55H,6-8,10,12-14,16,18-20,22,24-27,29,31,33,36,38-42,44,46-49H2,1-5H3,(H-,53,56,57,58)/p+1/b11-9-,17-15-,23-21-,30-28+,34-32-,37-35+,45-43+. The number of phosphoric ester groups is 1. The molecule has 0 aromatic carbocycles. The third-order valence-corrected chi connectivity index (χ3v) is 11.3. The molecule has 0 bridgehead atoms. The Bertz CT molecular complexity index is 1260. The first-order chi connectivity index (χ1) is 29.5. The van der Waals surface area contributed by atoms with Gasteiger partial charge in [0.05, 0.1) is 39.9 Å². The van der Waals surface area contributed by atoms with E-state index in [1.807, 2.05) is 27.2 Å². The Hall–Kier alpha value is -2.32. The molecule has 0 spiro atoms. The molecule has 352 valence electrons. The number of rotatable bonds is 43. The van der Waals surface area contributed by atoms with Crippen LogP contribution in [-0.4, -0.2) is 73.4 Å². The molecule has 0 rings (SSSR count). The van der Waals surface area contributed by atoms with Crippen LogP contribution in [0, 0.1) is 0 Å². The average molecular weight is 874 g/mol. The van der Waals surface area contributed by atoms with Gasteiger partial charge in [0, 0.05) is 6.42 Å². The van der Waals surface area contributed by atoms with Gasteiger partial charge in [0.25, 0.3) is 0 Å². The molecule has 0 aliphatic rings. The molecule has 1 amide bonds. The van der Waals surface area contributed by atoms with Crippen LogP contribution >= 0.6 is 7.82 Å². The van der Waals surface area contributed by atoms with E-state index in [0.717, 1.165) is 83.5 Å². The lowest BCUT2D eigenvalue weighted by molar-refractivity contribution is -0.870. The van der Waals surface area contributed by atoms with Gasteiger partial charge >= 0.3 is 7.82 Å². The van der Waals surface area contributed by atoms with Crippen molar-refractivity contribution in [1.82, 2.24) is 5.32 Å². The summed E-state index contributed by atoms with van der Waals surface area (Å²) < 4.78 is 23.6. The van der Waals surface area contributed by atoms with Gasteiger partial charge in [-0.2, -0.15) is 0 Å². The maximum Gasteiger partial charge on any atom is 0.472 e. The molecule has 0 fully saturated rings. The van der Waals surface area contributed by atoms with E-state index in [-0.39, 0.29) is 19.1 Å². The Morgan fingerprint density at radius 1 is 0.574 bits per heavy atom. The minimum atomic E-state index is -4.37. The fourth-order valence-corrected chi connectivity index (χ4v) is 7.21. The molecule has 0 aromatic heterocycles. The Labute approximate surface area is 376 Å². The number of likely N-dealkylation sites (N-methyl/N-ethyl adjacent to an activating group) is 1. The lowest BCUT2D eigenvalue weighted by Crippen LogP contribution is -2.45. The molecule has 0 saturated heterocycles. The maximum absolute atomic E-state index is 12.9. The predicted molar refractivity (Wildman–Crippen MR) is 263 cm³/mol. The van der Waals surface area contributed by atoms with Crippen molar-refractivity contribution in [3.8, 4) is 0 Å². The zero-order chi connectivity index (χ0) is 45.0. The Morgan fingerprint density at radius 2 is 1.00 bits per heavy atom. The Balaban J connectivity index is 4.49. The number of phosphoric acid groups is 1. The zero-order valence-electron chi connectivity index (χ0n) is 39.9. The van der Waals surface area contributed by atoms with Crippen LogP contribution in [0.25, 0.3) is 0 Å². The zero-order valence-corrected chi connectivity index (χ0v) is 40.8. The van der Waals surface area contributed by atoms with Gasteiger partial charge in [-0.1, -0.05) is 182 Å². The Morgan fingerprint density at radius 3 is 1.51 bits per heavy atom. The Kier molecular flexibility index (Phi) is 41.3. The topological polar surface area (TPSA) is 105 Å². The minimum Gasteiger partial charge on any atom is -0.387 e. The SMILES string of the molecule is CC/C=C\C/C=C\C/C=C\C/C=C\CCCCCCC(=O)NC(COP(=O)(O)OCC[N+](C)(C)C)C(O)/C=C/CC/C=C/CC/C=C/CCCCCCCCCCCCCC. The monoisotopic (exact) mass is 874 g/mol. The summed E-state index contributed by atoms with van der Waals surface area (Å²) in [4.78, 5) is 23.2. The number of unbranched alkanes of at least 4 members (excludes halogenated alkanes) is 18. The van der Waals surface area contributed by atoms with Crippen LogP contribution in [0.5, 0.6) is 0 Å². The molecule has 3 atom stereocenters. The smallest absolute Gasteiger partial charge is 0.387 e. The van der Waals surface area contributed by atoms with Crippen LogP contribution in [0.2, 0.25) is 0 Å². The second-order valence-corrected chi connectivity index (χ2v) is 18.9. The van der Waals surface area contributed by atoms with Crippen LogP contribution in [-0.2, 0) is 18.4 Å². The number of carbonyl (C=O) groups is 1. The highest BCUT2D eigenvalue weighted by Crippen LogP contribution is 2.43. The molecule has 0 aromatic rings. The maximum atomic E-state index is 12.9. The van der Waals surface area contributed by atoms with E-state index < -0.39 is 20.0 Å². The lowest BCUT2D eigenvalue weighted by atomic mass is 10.0. The van der Waals surface area contributed by atoms with Crippen LogP contribution < -0.4 is 5.32 Å². The molecule has 9 heteroatoms. The average Bonchev–Trinajstić information content (AvgIpc) is 3.21. The second-order valence-electron chi connectivity index (χ2n) is 17.4. The highest BCUT2D eigenvalue weighted by Gasteiger charge is 2.27. The van der Waals surface area contributed by atoms with E-state index in [2.05, 4.69) is 92.1 Å². The van der Waals surface area contributed by atoms with E-state index in [9.17, 15) is 19.4 Å². The van der Waals surface area contributed by atoms with E-state index in [1.165, 1.54) is 83.5 Å². The number of aliphatic hydroxyl groups is 1. The van der Waals surface area contributed by atoms with Gasteiger partial charge in [-0.3, -0.25) is 13.8 Å². The number of nitrogens with one attached hydrogen (secondary N) is 1. The van der Waals surface area contributed by atoms with Crippen molar-refractivity contribution >= 4 is 13.7 Å². The molecule has 3 unspecified atom stereocenters. The summed E-state index contributed by atoms with van der Waals surface area (Å²) >= 11 is 0. The highest BCUT2D eigenvalue weighted by atomic mass is 31.2. The van der Waals surface area contributed by atoms with Crippen LogP contribution in [0.4, 0.5) is 0 Å². The summed E-state index contributed by atoms with van der Waals surface area (Å²) in [5.41, 5.74) is 0. The molecular weight excluding hydrogens is 780 g/mol. The predicted octanol–water partition coefficient (Wildman–Crippen LogP) is 14.1. The first-order valence-electron chi connectivity index (χ1n) is 24.5. The quantitative estimate of drug-likeness (QED) is 0.0244. The van der Waals surface area contributed by atoms with Crippen molar-refractivity contribution in [3.05, 3.63) is 85.1 Å². The molecule has 8 nitrogen and oxygen atoms in total.